The Labute approximate surface area is 85.3 Å². The molecule has 0 atom stereocenters. The Morgan fingerprint density at radius 2 is 2.14 bits per heavy atom. The minimum atomic E-state index is -0.00727. The molecule has 1 amide bonds. The summed E-state index contributed by atoms with van der Waals surface area (Å²) in [6.45, 7) is 0.872. The number of carbonyl (C=O) groups is 1. The molecule has 82 valence electrons. The van der Waals surface area contributed by atoms with Gasteiger partial charge < -0.3 is 5.32 Å². The third-order valence-electron chi connectivity index (χ3n) is 2.47. The number of rotatable bonds is 6. The number of amides is 1. The summed E-state index contributed by atoms with van der Waals surface area (Å²) in [5, 5.41) is 3.00. The Kier molecular flexibility index (Phi) is 5.56. The molecular formula is C10H20N2O2. The summed E-state index contributed by atoms with van der Waals surface area (Å²) in [6, 6.07) is 0. The summed E-state index contributed by atoms with van der Waals surface area (Å²) in [6.07, 6.45) is 6.25. The van der Waals surface area contributed by atoms with Crippen molar-refractivity contribution in [3.63, 3.8) is 0 Å². The predicted molar refractivity (Wildman–Crippen MR) is 54.6 cm³/mol. The van der Waals surface area contributed by atoms with Crippen molar-refractivity contribution in [2.24, 2.45) is 0 Å². The monoisotopic (exact) mass is 200 g/mol. The molecule has 0 unspecified atom stereocenters. The van der Waals surface area contributed by atoms with Gasteiger partial charge in [0.15, 0.2) is 0 Å². The van der Waals surface area contributed by atoms with Crippen LogP contribution in [0.5, 0.6) is 0 Å². The maximum Gasteiger partial charge on any atom is 0.243 e. The standard InChI is InChI=1S/C10H20N2O2/c1-11-8-4-7-10(13)12-14-9-5-2-3-6-9/h9,11H,2-8H2,1H3,(H,12,13). The van der Waals surface area contributed by atoms with Crippen LogP contribution in [0.1, 0.15) is 38.5 Å². The van der Waals surface area contributed by atoms with Gasteiger partial charge in [-0.3, -0.25) is 9.63 Å². The molecule has 0 bridgehead atoms. The van der Waals surface area contributed by atoms with Crippen molar-refractivity contribution in [1.82, 2.24) is 10.8 Å². The van der Waals surface area contributed by atoms with Gasteiger partial charge in [-0.1, -0.05) is 12.8 Å². The van der Waals surface area contributed by atoms with Gasteiger partial charge in [0, 0.05) is 6.42 Å². The van der Waals surface area contributed by atoms with Crippen molar-refractivity contribution in [3.05, 3.63) is 0 Å². The number of nitrogens with one attached hydrogen (secondary N) is 2. The van der Waals surface area contributed by atoms with E-state index in [1.807, 2.05) is 7.05 Å². The SMILES string of the molecule is CNCCCC(=O)NOC1CCCC1. The highest BCUT2D eigenvalue weighted by atomic mass is 16.7. The van der Waals surface area contributed by atoms with Crippen molar-refractivity contribution < 1.29 is 9.63 Å². The van der Waals surface area contributed by atoms with Crippen molar-refractivity contribution >= 4 is 5.91 Å². The highest BCUT2D eigenvalue weighted by Crippen LogP contribution is 2.19. The van der Waals surface area contributed by atoms with Gasteiger partial charge >= 0.3 is 0 Å². The second-order valence-corrected chi connectivity index (χ2v) is 3.76. The molecule has 4 nitrogen and oxygen atoms in total. The molecule has 1 aliphatic carbocycles. The van der Waals surface area contributed by atoms with E-state index in [2.05, 4.69) is 10.8 Å². The van der Waals surface area contributed by atoms with Crippen molar-refractivity contribution in [1.29, 1.82) is 0 Å². The lowest BCUT2D eigenvalue weighted by Gasteiger charge is -2.10. The van der Waals surface area contributed by atoms with Crippen LogP contribution in [-0.2, 0) is 9.63 Å². The molecule has 1 rings (SSSR count). The van der Waals surface area contributed by atoms with Crippen LogP contribution in [0, 0.1) is 0 Å². The number of carbonyl (C=O) groups excluding carboxylic acids is 1. The van der Waals surface area contributed by atoms with Crippen molar-refractivity contribution in [2.45, 2.75) is 44.6 Å². The highest BCUT2D eigenvalue weighted by molar-refractivity contribution is 5.74. The van der Waals surface area contributed by atoms with E-state index < -0.39 is 0 Å². The average Bonchev–Trinajstić information content (AvgIpc) is 2.68. The van der Waals surface area contributed by atoms with Crippen molar-refractivity contribution in [3.8, 4) is 0 Å². The fourth-order valence-corrected chi connectivity index (χ4v) is 1.63. The molecule has 0 aliphatic heterocycles. The van der Waals surface area contributed by atoms with Crippen LogP contribution in [0.25, 0.3) is 0 Å². The zero-order valence-electron chi connectivity index (χ0n) is 8.84. The van der Waals surface area contributed by atoms with Crippen molar-refractivity contribution in [2.75, 3.05) is 13.6 Å². The molecule has 2 N–H and O–H groups in total. The zero-order valence-corrected chi connectivity index (χ0v) is 8.84. The molecule has 0 saturated heterocycles. The number of hydrogen-bond donors (Lipinski definition) is 2. The molecule has 0 aromatic heterocycles. The summed E-state index contributed by atoms with van der Waals surface area (Å²) in [4.78, 5) is 16.5. The molecule has 0 spiro atoms. The quantitative estimate of drug-likeness (QED) is 0.496. The molecule has 0 aromatic rings. The maximum absolute atomic E-state index is 11.2. The topological polar surface area (TPSA) is 50.4 Å². The zero-order chi connectivity index (χ0) is 10.2. The normalized spacial score (nSPS) is 17.2. The lowest BCUT2D eigenvalue weighted by molar-refractivity contribution is -0.138. The molecule has 1 fully saturated rings. The van der Waals surface area contributed by atoms with E-state index >= 15 is 0 Å². The maximum atomic E-state index is 11.2. The first kappa shape index (κ1) is 11.5. The van der Waals surface area contributed by atoms with Gasteiger partial charge in [-0.2, -0.15) is 0 Å². The Morgan fingerprint density at radius 3 is 2.79 bits per heavy atom. The smallest absolute Gasteiger partial charge is 0.243 e. The van der Waals surface area contributed by atoms with E-state index in [1.165, 1.54) is 12.8 Å². The molecule has 1 aliphatic rings. The number of hydrogen-bond acceptors (Lipinski definition) is 3. The van der Waals surface area contributed by atoms with Crippen LogP contribution in [0.2, 0.25) is 0 Å². The minimum absolute atomic E-state index is 0.00727. The minimum Gasteiger partial charge on any atom is -0.320 e. The second-order valence-electron chi connectivity index (χ2n) is 3.76. The van der Waals surface area contributed by atoms with E-state index in [0.29, 0.717) is 6.42 Å². The van der Waals surface area contributed by atoms with Gasteiger partial charge in [0.2, 0.25) is 5.91 Å². The largest absolute Gasteiger partial charge is 0.320 e. The van der Waals surface area contributed by atoms with Gasteiger partial charge in [0.25, 0.3) is 0 Å². The Balaban J connectivity index is 1.96. The van der Waals surface area contributed by atoms with Gasteiger partial charge in [-0.25, -0.2) is 5.48 Å². The predicted octanol–water partition coefficient (Wildman–Crippen LogP) is 0.976. The van der Waals surface area contributed by atoms with Gasteiger partial charge in [-0.05, 0) is 32.9 Å². The summed E-state index contributed by atoms with van der Waals surface area (Å²) >= 11 is 0. The summed E-state index contributed by atoms with van der Waals surface area (Å²) in [5.74, 6) is -0.00727. The van der Waals surface area contributed by atoms with Crippen LogP contribution in [-0.4, -0.2) is 25.6 Å². The molecule has 4 heteroatoms. The fraction of sp³-hybridized carbons (Fsp3) is 0.900. The van der Waals surface area contributed by atoms with Crippen LogP contribution < -0.4 is 10.8 Å². The van der Waals surface area contributed by atoms with Gasteiger partial charge in [0.1, 0.15) is 0 Å². The van der Waals surface area contributed by atoms with Gasteiger partial charge in [0.05, 0.1) is 6.10 Å². The molecule has 0 radical (unpaired) electrons. The van der Waals surface area contributed by atoms with E-state index in [-0.39, 0.29) is 12.0 Å². The van der Waals surface area contributed by atoms with Crippen LogP contribution in [0.15, 0.2) is 0 Å². The van der Waals surface area contributed by atoms with E-state index in [0.717, 1.165) is 25.8 Å². The lowest BCUT2D eigenvalue weighted by atomic mass is 10.3. The fourth-order valence-electron chi connectivity index (χ4n) is 1.63. The highest BCUT2D eigenvalue weighted by Gasteiger charge is 2.16. The van der Waals surface area contributed by atoms with Crippen LogP contribution in [0.3, 0.4) is 0 Å². The van der Waals surface area contributed by atoms with Crippen LogP contribution >= 0.6 is 0 Å². The van der Waals surface area contributed by atoms with Gasteiger partial charge in [-0.15, -0.1) is 0 Å². The molecule has 0 aromatic carbocycles. The second kappa shape index (κ2) is 6.79. The third kappa shape index (κ3) is 4.58. The van der Waals surface area contributed by atoms with E-state index in [4.69, 9.17) is 4.84 Å². The Morgan fingerprint density at radius 1 is 1.43 bits per heavy atom. The van der Waals surface area contributed by atoms with E-state index in [1.54, 1.807) is 0 Å². The molecule has 14 heavy (non-hydrogen) atoms. The first-order valence-electron chi connectivity index (χ1n) is 5.42. The number of hydroxylamine groups is 1. The van der Waals surface area contributed by atoms with Crippen LogP contribution in [0.4, 0.5) is 0 Å². The molecule has 0 heterocycles. The summed E-state index contributed by atoms with van der Waals surface area (Å²) in [7, 11) is 1.88. The van der Waals surface area contributed by atoms with E-state index in [9.17, 15) is 4.79 Å². The first-order chi connectivity index (χ1) is 6.83. The Hall–Kier alpha value is -0.610. The lowest BCUT2D eigenvalue weighted by Crippen LogP contribution is -2.28. The average molecular weight is 200 g/mol. The molecule has 1 saturated carbocycles. The summed E-state index contributed by atoms with van der Waals surface area (Å²) in [5.41, 5.74) is 2.52. The first-order valence-corrected chi connectivity index (χ1v) is 5.42. The summed E-state index contributed by atoms with van der Waals surface area (Å²) < 4.78 is 0. The molecular weight excluding hydrogens is 180 g/mol. The Bertz CT molecular complexity index is 168. The third-order valence-corrected chi connectivity index (χ3v) is 2.47.